The largest absolute Gasteiger partial charge is 0.383 e. The molecule has 0 bridgehead atoms. The maximum absolute atomic E-state index is 13.7. The lowest BCUT2D eigenvalue weighted by Crippen LogP contribution is -2.63. The Morgan fingerprint density at radius 1 is 1.06 bits per heavy atom. The Morgan fingerprint density at radius 2 is 1.63 bits per heavy atom. The van der Waals surface area contributed by atoms with E-state index in [4.69, 9.17) is 4.74 Å². The fraction of sp³-hybridized carbons (Fsp3) is 0.696. The number of nitrogens with zero attached hydrogens (tertiary/aromatic N) is 3. The molecule has 202 valence electrons. The Kier molecular flexibility index (Phi) is 12.7. The molecule has 0 radical (unpaired) electrons. The topological polar surface area (TPSA) is 102 Å². The van der Waals surface area contributed by atoms with Gasteiger partial charge >= 0.3 is 0 Å². The molecule has 0 aromatic heterocycles. The molecule has 0 spiro atoms. The number of halogens is 2. The minimum atomic E-state index is -3.95. The molecule has 0 aliphatic carbocycles. The van der Waals surface area contributed by atoms with Crippen LogP contribution >= 0.6 is 24.8 Å². The van der Waals surface area contributed by atoms with Gasteiger partial charge in [-0.1, -0.05) is 26.0 Å². The molecule has 2 fully saturated rings. The molecule has 3 rings (SSSR count). The lowest BCUT2D eigenvalue weighted by Gasteiger charge is -2.44. The number of carbonyl (C=O) groups excluding carboxylic acids is 1. The van der Waals surface area contributed by atoms with Crippen molar-refractivity contribution in [1.82, 2.24) is 14.7 Å². The van der Waals surface area contributed by atoms with E-state index in [-0.39, 0.29) is 37.7 Å². The highest BCUT2D eigenvalue weighted by atomic mass is 35.5. The van der Waals surface area contributed by atoms with E-state index in [1.54, 1.807) is 12.6 Å². The van der Waals surface area contributed by atoms with Crippen LogP contribution in [0.15, 0.2) is 24.3 Å². The summed E-state index contributed by atoms with van der Waals surface area (Å²) in [6.07, 6.45) is 1.32. The highest BCUT2D eigenvalue weighted by Crippen LogP contribution is 2.34. The van der Waals surface area contributed by atoms with Gasteiger partial charge in [-0.05, 0) is 42.9 Å². The van der Waals surface area contributed by atoms with Gasteiger partial charge in [0, 0.05) is 58.6 Å². The normalized spacial score (nSPS) is 19.1. The summed E-state index contributed by atoms with van der Waals surface area (Å²) in [4.78, 5) is 16.9. The Balaban J connectivity index is 0.00000306. The van der Waals surface area contributed by atoms with Crippen LogP contribution in [0.1, 0.15) is 32.3 Å². The summed E-state index contributed by atoms with van der Waals surface area (Å²) in [5, 5.41) is 9.36. The Bertz CT molecular complexity index is 886. The molecular formula is C23H40Cl2N4O5S. The number of sulfonamides is 1. The zero-order valence-corrected chi connectivity index (χ0v) is 23.3. The number of likely N-dealkylation sites (tertiary alicyclic amines) is 1. The van der Waals surface area contributed by atoms with Crippen molar-refractivity contribution in [1.29, 1.82) is 0 Å². The van der Waals surface area contributed by atoms with Crippen molar-refractivity contribution >= 4 is 46.4 Å². The predicted octanol–water partition coefficient (Wildman–Crippen LogP) is 2.17. The van der Waals surface area contributed by atoms with Crippen molar-refractivity contribution < 1.29 is 23.2 Å². The molecule has 1 aromatic carbocycles. The SMILES string of the molecule is COCCN1CCC(C(=O)NO)(S(=O)(=O)N2CCN(c3ccc(CC(C)C)cc3)CC2)CC1.Cl.Cl. The van der Waals surface area contributed by atoms with E-state index in [1.807, 2.05) is 0 Å². The summed E-state index contributed by atoms with van der Waals surface area (Å²) in [5.41, 5.74) is 4.01. The van der Waals surface area contributed by atoms with E-state index in [2.05, 4.69) is 47.9 Å². The van der Waals surface area contributed by atoms with Crippen LogP contribution < -0.4 is 10.4 Å². The fourth-order valence-electron chi connectivity index (χ4n) is 4.81. The Morgan fingerprint density at radius 3 is 2.11 bits per heavy atom. The van der Waals surface area contributed by atoms with Gasteiger partial charge in [0.1, 0.15) is 0 Å². The van der Waals surface area contributed by atoms with Crippen molar-refractivity contribution in [2.45, 2.75) is 37.9 Å². The first-order chi connectivity index (χ1) is 15.7. The lowest BCUT2D eigenvalue weighted by atomic mass is 9.95. The number of hydroxylamine groups is 1. The summed E-state index contributed by atoms with van der Waals surface area (Å²) < 4.78 is 32.2. The number of hydrogen-bond acceptors (Lipinski definition) is 7. The van der Waals surface area contributed by atoms with Crippen LogP contribution in [0.4, 0.5) is 5.69 Å². The van der Waals surface area contributed by atoms with Crippen molar-refractivity contribution in [2.75, 3.05) is 64.4 Å². The number of benzene rings is 1. The van der Waals surface area contributed by atoms with Crippen molar-refractivity contribution in [3.05, 3.63) is 29.8 Å². The van der Waals surface area contributed by atoms with Gasteiger partial charge < -0.3 is 14.5 Å². The zero-order valence-electron chi connectivity index (χ0n) is 20.8. The lowest BCUT2D eigenvalue weighted by molar-refractivity contribution is -0.133. The molecule has 35 heavy (non-hydrogen) atoms. The molecule has 0 atom stereocenters. The number of methoxy groups -OCH3 is 1. The van der Waals surface area contributed by atoms with Gasteiger partial charge in [-0.25, -0.2) is 13.9 Å². The van der Waals surface area contributed by atoms with Gasteiger partial charge in [-0.15, -0.1) is 24.8 Å². The minimum Gasteiger partial charge on any atom is -0.383 e. The summed E-state index contributed by atoms with van der Waals surface area (Å²) in [6.45, 7) is 8.26. The van der Waals surface area contributed by atoms with Gasteiger partial charge in [0.25, 0.3) is 5.91 Å². The molecule has 2 heterocycles. The van der Waals surface area contributed by atoms with Crippen LogP contribution in [-0.2, 0) is 26.0 Å². The standard InChI is InChI=1S/C23H38N4O5S.2ClH/c1-19(2)18-20-4-6-21(7-5-20)26-12-14-27(15-13-26)33(30,31)23(22(28)24-29)8-10-25(11-9-23)16-17-32-3;;/h4-7,19,29H,8-18H2,1-3H3,(H,24,28);2*1H. The summed E-state index contributed by atoms with van der Waals surface area (Å²) in [6, 6.07) is 8.46. The number of ether oxygens (including phenoxy) is 1. The number of rotatable bonds is 9. The first kappa shape index (κ1) is 31.9. The number of amides is 1. The van der Waals surface area contributed by atoms with Crippen LogP contribution in [-0.4, -0.2) is 93.0 Å². The molecular weight excluding hydrogens is 515 g/mol. The van der Waals surface area contributed by atoms with Crippen molar-refractivity contribution in [3.8, 4) is 0 Å². The Labute approximate surface area is 222 Å². The van der Waals surface area contributed by atoms with E-state index in [1.165, 1.54) is 9.87 Å². The van der Waals surface area contributed by atoms with Crippen LogP contribution in [0.5, 0.6) is 0 Å². The third-order valence-corrected chi connectivity index (χ3v) is 9.43. The third-order valence-electron chi connectivity index (χ3n) is 6.81. The number of piperidine rings is 1. The average Bonchev–Trinajstić information content (AvgIpc) is 2.82. The molecule has 1 aromatic rings. The van der Waals surface area contributed by atoms with Crippen LogP contribution in [0.25, 0.3) is 0 Å². The van der Waals surface area contributed by atoms with Crippen LogP contribution in [0.2, 0.25) is 0 Å². The van der Waals surface area contributed by atoms with Gasteiger partial charge in [0.05, 0.1) is 6.61 Å². The summed E-state index contributed by atoms with van der Waals surface area (Å²) >= 11 is 0. The average molecular weight is 556 g/mol. The number of carbonyl (C=O) groups is 1. The van der Waals surface area contributed by atoms with Gasteiger partial charge in [0.15, 0.2) is 4.75 Å². The van der Waals surface area contributed by atoms with Crippen LogP contribution in [0, 0.1) is 5.92 Å². The molecule has 9 nitrogen and oxygen atoms in total. The monoisotopic (exact) mass is 554 g/mol. The highest BCUT2D eigenvalue weighted by molar-refractivity contribution is 7.91. The van der Waals surface area contributed by atoms with Gasteiger partial charge in [0.2, 0.25) is 10.0 Å². The quantitative estimate of drug-likeness (QED) is 0.356. The second-order valence-electron chi connectivity index (χ2n) is 9.43. The molecule has 2 aliphatic rings. The third kappa shape index (κ3) is 7.21. The molecule has 12 heteroatoms. The van der Waals surface area contributed by atoms with Gasteiger partial charge in [-0.2, -0.15) is 4.31 Å². The van der Waals surface area contributed by atoms with Crippen molar-refractivity contribution in [2.24, 2.45) is 5.92 Å². The number of hydrogen-bond donors (Lipinski definition) is 2. The second kappa shape index (κ2) is 14.0. The van der Waals surface area contributed by atoms with E-state index < -0.39 is 20.7 Å². The number of piperazine rings is 1. The minimum absolute atomic E-state index is 0. The van der Waals surface area contributed by atoms with Crippen LogP contribution in [0.3, 0.4) is 0 Å². The first-order valence-electron chi connectivity index (χ1n) is 11.7. The van der Waals surface area contributed by atoms with Crippen molar-refractivity contribution in [3.63, 3.8) is 0 Å². The summed E-state index contributed by atoms with van der Waals surface area (Å²) in [7, 11) is -2.33. The summed E-state index contributed by atoms with van der Waals surface area (Å²) in [5.74, 6) is -0.239. The first-order valence-corrected chi connectivity index (χ1v) is 13.2. The van der Waals surface area contributed by atoms with E-state index in [0.717, 1.165) is 12.1 Å². The highest BCUT2D eigenvalue weighted by Gasteiger charge is 2.55. The Hall–Kier alpha value is -1.14. The molecule has 0 saturated carbocycles. The van der Waals surface area contributed by atoms with E-state index in [0.29, 0.717) is 58.3 Å². The second-order valence-corrected chi connectivity index (χ2v) is 11.7. The maximum atomic E-state index is 13.7. The molecule has 2 saturated heterocycles. The van der Waals surface area contributed by atoms with Gasteiger partial charge in [-0.3, -0.25) is 10.0 Å². The number of anilines is 1. The zero-order chi connectivity index (χ0) is 24.1. The van der Waals surface area contributed by atoms with E-state index in [9.17, 15) is 18.4 Å². The predicted molar refractivity (Wildman–Crippen MR) is 142 cm³/mol. The number of nitrogens with one attached hydrogen (secondary N) is 1. The molecule has 0 unspecified atom stereocenters. The smallest absolute Gasteiger partial charge is 0.266 e. The maximum Gasteiger partial charge on any atom is 0.266 e. The molecule has 2 N–H and O–H groups in total. The van der Waals surface area contributed by atoms with E-state index >= 15 is 0 Å². The molecule has 2 aliphatic heterocycles. The fourth-order valence-corrected chi connectivity index (χ4v) is 6.93. The molecule has 1 amide bonds.